The van der Waals surface area contributed by atoms with E-state index in [1.165, 1.54) is 0 Å². The average molecular weight is 285 g/mol. The van der Waals surface area contributed by atoms with Gasteiger partial charge < -0.3 is 24.6 Å². The molecule has 2 fully saturated rings. The molecule has 0 aromatic heterocycles. The van der Waals surface area contributed by atoms with Gasteiger partial charge in [-0.25, -0.2) is 4.79 Å². The van der Waals surface area contributed by atoms with E-state index in [2.05, 4.69) is 17.3 Å². The largest absolute Gasteiger partial charge is 0.444 e. The van der Waals surface area contributed by atoms with Gasteiger partial charge in [-0.15, -0.1) is 0 Å². The highest BCUT2D eigenvalue weighted by molar-refractivity contribution is 5.69. The number of ether oxygens (including phenoxy) is 2. The molecule has 0 saturated carbocycles. The molecular weight excluding hydrogens is 258 g/mol. The molecule has 2 heterocycles. The second-order valence-electron chi connectivity index (χ2n) is 6.75. The van der Waals surface area contributed by atoms with Gasteiger partial charge in [-0.05, 0) is 27.8 Å². The van der Waals surface area contributed by atoms with Gasteiger partial charge in [-0.3, -0.25) is 0 Å². The van der Waals surface area contributed by atoms with Crippen LogP contribution in [0.15, 0.2) is 0 Å². The fourth-order valence-corrected chi connectivity index (χ4v) is 2.37. The summed E-state index contributed by atoms with van der Waals surface area (Å²) in [5.74, 6) is 0. The predicted octanol–water partition coefficient (Wildman–Crippen LogP) is 0.526. The van der Waals surface area contributed by atoms with E-state index in [-0.39, 0.29) is 12.2 Å². The van der Waals surface area contributed by atoms with Crippen LogP contribution in [0, 0.1) is 0 Å². The third-order valence-electron chi connectivity index (χ3n) is 3.51. The fraction of sp³-hybridized carbons (Fsp3) is 0.929. The van der Waals surface area contributed by atoms with E-state index in [1.54, 1.807) is 4.90 Å². The quantitative estimate of drug-likeness (QED) is 0.819. The maximum absolute atomic E-state index is 11.8. The SMILES string of the molecule is CN1CCOC(CNC2CN(C(=O)OC(C)(C)C)C2)C1. The minimum Gasteiger partial charge on any atom is -0.444 e. The van der Waals surface area contributed by atoms with E-state index in [0.29, 0.717) is 6.04 Å². The van der Waals surface area contributed by atoms with E-state index in [1.807, 2.05) is 20.8 Å². The van der Waals surface area contributed by atoms with Gasteiger partial charge in [0.2, 0.25) is 0 Å². The maximum atomic E-state index is 11.8. The molecule has 2 rings (SSSR count). The lowest BCUT2D eigenvalue weighted by molar-refractivity contribution is -0.0250. The van der Waals surface area contributed by atoms with E-state index in [9.17, 15) is 4.79 Å². The van der Waals surface area contributed by atoms with Gasteiger partial charge in [-0.1, -0.05) is 0 Å². The summed E-state index contributed by atoms with van der Waals surface area (Å²) in [6.45, 7) is 10.7. The molecule has 0 aromatic carbocycles. The number of nitrogens with zero attached hydrogens (tertiary/aromatic N) is 2. The minimum atomic E-state index is -0.421. The van der Waals surface area contributed by atoms with Crippen molar-refractivity contribution in [1.82, 2.24) is 15.1 Å². The van der Waals surface area contributed by atoms with Crippen molar-refractivity contribution >= 4 is 6.09 Å². The molecule has 116 valence electrons. The van der Waals surface area contributed by atoms with Crippen LogP contribution >= 0.6 is 0 Å². The summed E-state index contributed by atoms with van der Waals surface area (Å²) in [6.07, 6.45) is 0.0357. The third-order valence-corrected chi connectivity index (χ3v) is 3.51. The molecule has 0 aliphatic carbocycles. The zero-order valence-electron chi connectivity index (χ0n) is 13.0. The van der Waals surface area contributed by atoms with Crippen molar-refractivity contribution in [2.45, 2.75) is 38.5 Å². The number of rotatable bonds is 3. The molecule has 1 amide bonds. The van der Waals surface area contributed by atoms with Crippen molar-refractivity contribution in [2.24, 2.45) is 0 Å². The van der Waals surface area contributed by atoms with E-state index < -0.39 is 5.60 Å². The predicted molar refractivity (Wildman–Crippen MR) is 76.8 cm³/mol. The smallest absolute Gasteiger partial charge is 0.410 e. The monoisotopic (exact) mass is 285 g/mol. The topological polar surface area (TPSA) is 54.0 Å². The van der Waals surface area contributed by atoms with Crippen LogP contribution in [0.2, 0.25) is 0 Å². The number of hydrogen-bond donors (Lipinski definition) is 1. The van der Waals surface area contributed by atoms with Crippen LogP contribution in [0.1, 0.15) is 20.8 Å². The zero-order chi connectivity index (χ0) is 14.8. The summed E-state index contributed by atoms with van der Waals surface area (Å²) < 4.78 is 11.0. The summed E-state index contributed by atoms with van der Waals surface area (Å²) in [7, 11) is 2.11. The maximum Gasteiger partial charge on any atom is 0.410 e. The molecular formula is C14H27N3O3. The molecule has 2 saturated heterocycles. The number of carbonyl (C=O) groups excluding carboxylic acids is 1. The lowest BCUT2D eigenvalue weighted by Crippen LogP contribution is -2.62. The Morgan fingerprint density at radius 3 is 2.65 bits per heavy atom. The number of morpholine rings is 1. The Bertz CT molecular complexity index is 337. The van der Waals surface area contributed by atoms with Crippen molar-refractivity contribution in [3.8, 4) is 0 Å². The van der Waals surface area contributed by atoms with Gasteiger partial charge in [0.25, 0.3) is 0 Å². The van der Waals surface area contributed by atoms with Crippen LogP contribution in [0.3, 0.4) is 0 Å². The lowest BCUT2D eigenvalue weighted by atomic mass is 10.1. The Balaban J connectivity index is 1.61. The van der Waals surface area contributed by atoms with Crippen molar-refractivity contribution in [3.05, 3.63) is 0 Å². The third kappa shape index (κ3) is 4.61. The molecule has 6 nitrogen and oxygen atoms in total. The Labute approximate surface area is 121 Å². The van der Waals surface area contributed by atoms with E-state index >= 15 is 0 Å². The van der Waals surface area contributed by atoms with Crippen molar-refractivity contribution < 1.29 is 14.3 Å². The fourth-order valence-electron chi connectivity index (χ4n) is 2.37. The minimum absolute atomic E-state index is 0.218. The first kappa shape index (κ1) is 15.5. The zero-order valence-corrected chi connectivity index (χ0v) is 13.0. The summed E-state index contributed by atoms with van der Waals surface area (Å²) in [4.78, 5) is 15.8. The second kappa shape index (κ2) is 6.28. The van der Waals surface area contributed by atoms with Crippen LogP contribution in [-0.2, 0) is 9.47 Å². The van der Waals surface area contributed by atoms with E-state index in [0.717, 1.165) is 39.3 Å². The molecule has 1 atom stereocenters. The standard InChI is InChI=1S/C14H27N3O3/c1-14(2,3)20-13(18)17-8-11(9-17)15-7-12-10-16(4)5-6-19-12/h11-12,15H,5-10H2,1-4H3. The van der Waals surface area contributed by atoms with Crippen molar-refractivity contribution in [1.29, 1.82) is 0 Å². The van der Waals surface area contributed by atoms with Gasteiger partial charge in [0.1, 0.15) is 5.60 Å². The first-order valence-corrected chi connectivity index (χ1v) is 7.35. The first-order valence-electron chi connectivity index (χ1n) is 7.35. The van der Waals surface area contributed by atoms with Crippen molar-refractivity contribution in [2.75, 3.05) is 46.4 Å². The highest BCUT2D eigenvalue weighted by atomic mass is 16.6. The summed E-state index contributed by atoms with van der Waals surface area (Å²) in [6, 6.07) is 0.360. The summed E-state index contributed by atoms with van der Waals surface area (Å²) in [5.41, 5.74) is -0.421. The van der Waals surface area contributed by atoms with Crippen LogP contribution in [-0.4, -0.2) is 80.0 Å². The molecule has 0 radical (unpaired) electrons. The van der Waals surface area contributed by atoms with Gasteiger partial charge >= 0.3 is 6.09 Å². The Hall–Kier alpha value is -0.850. The Kier molecular flexibility index (Phi) is 4.88. The average Bonchev–Trinajstić information content (AvgIpc) is 2.24. The van der Waals surface area contributed by atoms with Crippen LogP contribution in [0.4, 0.5) is 4.79 Å². The van der Waals surface area contributed by atoms with Crippen LogP contribution in [0.25, 0.3) is 0 Å². The molecule has 6 heteroatoms. The second-order valence-corrected chi connectivity index (χ2v) is 6.75. The number of likely N-dealkylation sites (N-methyl/N-ethyl adjacent to an activating group) is 1. The number of likely N-dealkylation sites (tertiary alicyclic amines) is 1. The molecule has 0 aromatic rings. The van der Waals surface area contributed by atoms with Gasteiger partial charge in [0.05, 0.1) is 12.7 Å². The molecule has 1 unspecified atom stereocenters. The first-order chi connectivity index (χ1) is 9.33. The highest BCUT2D eigenvalue weighted by Gasteiger charge is 2.33. The molecule has 2 aliphatic rings. The summed E-state index contributed by atoms with van der Waals surface area (Å²) >= 11 is 0. The van der Waals surface area contributed by atoms with Gasteiger partial charge in [0.15, 0.2) is 0 Å². The Morgan fingerprint density at radius 1 is 1.35 bits per heavy atom. The van der Waals surface area contributed by atoms with Gasteiger partial charge in [-0.2, -0.15) is 0 Å². The lowest BCUT2D eigenvalue weighted by Gasteiger charge is -2.41. The number of nitrogens with one attached hydrogen (secondary N) is 1. The van der Waals surface area contributed by atoms with Crippen LogP contribution in [0.5, 0.6) is 0 Å². The van der Waals surface area contributed by atoms with Crippen molar-refractivity contribution in [3.63, 3.8) is 0 Å². The van der Waals surface area contributed by atoms with Gasteiger partial charge in [0, 0.05) is 38.8 Å². The molecule has 0 bridgehead atoms. The molecule has 0 spiro atoms. The van der Waals surface area contributed by atoms with E-state index in [4.69, 9.17) is 9.47 Å². The normalized spacial score (nSPS) is 25.4. The van der Waals surface area contributed by atoms with Crippen LogP contribution < -0.4 is 5.32 Å². The number of carbonyl (C=O) groups is 1. The Morgan fingerprint density at radius 2 is 2.05 bits per heavy atom. The molecule has 2 aliphatic heterocycles. The molecule has 20 heavy (non-hydrogen) atoms. The number of amides is 1. The highest BCUT2D eigenvalue weighted by Crippen LogP contribution is 2.15. The summed E-state index contributed by atoms with van der Waals surface area (Å²) in [5, 5.41) is 3.46. The number of hydrogen-bond acceptors (Lipinski definition) is 5. The molecule has 1 N–H and O–H groups in total.